The summed E-state index contributed by atoms with van der Waals surface area (Å²) in [7, 11) is 0. The third-order valence-corrected chi connectivity index (χ3v) is 10.5. The number of pyridine rings is 6. The Balaban J connectivity index is 0.000000155. The highest BCUT2D eigenvalue weighted by Crippen LogP contribution is 2.36. The summed E-state index contributed by atoms with van der Waals surface area (Å²) < 4.78 is 10.7. The third kappa shape index (κ3) is 13.3. The number of hydrogen-bond acceptors (Lipinski definition) is 15. The molecule has 0 radical (unpaired) electrons. The van der Waals surface area contributed by atoms with Crippen LogP contribution in [0.25, 0.3) is 23.0 Å². The fraction of sp³-hybridized carbons (Fsp3) is 0.196. The van der Waals surface area contributed by atoms with Gasteiger partial charge in [0.05, 0.1) is 10.9 Å². The zero-order chi connectivity index (χ0) is 47.7. The second-order valence-corrected chi connectivity index (χ2v) is 16.9. The molecule has 68 heavy (non-hydrogen) atoms. The number of oxime groups is 1. The number of hydrogen-bond donors (Lipinski definition) is 2. The molecule has 1 saturated heterocycles. The van der Waals surface area contributed by atoms with E-state index in [2.05, 4.69) is 132 Å². The molecule has 0 saturated carbocycles. The molecule has 0 aliphatic carbocycles. The summed E-state index contributed by atoms with van der Waals surface area (Å²) in [6, 6.07) is 27.7. The quantitative estimate of drug-likeness (QED) is 0.0401. The fourth-order valence-electron chi connectivity index (χ4n) is 6.58. The normalized spacial score (nSPS) is 13.6. The third-order valence-electron chi connectivity index (χ3n) is 10.1. The zero-order valence-electron chi connectivity index (χ0n) is 37.5. The number of aromatic nitrogens is 10. The van der Waals surface area contributed by atoms with Gasteiger partial charge in [-0.25, -0.2) is 15.0 Å². The van der Waals surface area contributed by atoms with E-state index < -0.39 is 0 Å². The molecule has 0 bridgehead atoms. The van der Waals surface area contributed by atoms with E-state index in [9.17, 15) is 0 Å². The van der Waals surface area contributed by atoms with Crippen LogP contribution in [-0.2, 0) is 0 Å². The molecule has 1 aliphatic rings. The van der Waals surface area contributed by atoms with Crippen molar-refractivity contribution in [1.29, 1.82) is 0 Å². The predicted octanol–water partition coefficient (Wildman–Crippen LogP) is 8.22. The Morgan fingerprint density at radius 1 is 0.647 bits per heavy atom. The zero-order valence-corrected chi connectivity index (χ0v) is 39.1. The lowest BCUT2D eigenvalue weighted by Crippen LogP contribution is -2.39. The van der Waals surface area contributed by atoms with Gasteiger partial charge in [-0.05, 0) is 138 Å². The minimum atomic E-state index is -0.0285. The van der Waals surface area contributed by atoms with Gasteiger partial charge in [0.1, 0.15) is 34.2 Å². The number of alkyl halides is 1. The number of amidine groups is 1. The van der Waals surface area contributed by atoms with Gasteiger partial charge in [0.15, 0.2) is 5.84 Å². The van der Waals surface area contributed by atoms with Crippen LogP contribution in [0.3, 0.4) is 0 Å². The molecule has 1 fully saturated rings. The molecule has 9 rings (SSSR count). The molecule has 16 nitrogen and oxygen atoms in total. The lowest BCUT2D eigenvalue weighted by Gasteiger charge is -2.34. The van der Waals surface area contributed by atoms with Crippen molar-refractivity contribution < 1.29 is 14.3 Å². The molecule has 0 amide bonds. The molecule has 0 aromatic carbocycles. The van der Waals surface area contributed by atoms with Gasteiger partial charge in [-0.3, -0.25) is 19.9 Å². The summed E-state index contributed by atoms with van der Waals surface area (Å²) in [5, 5.41) is 19.4. The minimum absolute atomic E-state index is 0.0114. The van der Waals surface area contributed by atoms with E-state index in [4.69, 9.17) is 20.0 Å². The van der Waals surface area contributed by atoms with Crippen LogP contribution >= 0.6 is 15.9 Å². The van der Waals surface area contributed by atoms with Crippen molar-refractivity contribution in [2.24, 2.45) is 10.9 Å². The van der Waals surface area contributed by atoms with E-state index in [0.29, 0.717) is 46.2 Å². The lowest BCUT2D eigenvalue weighted by atomic mass is 10.0. The molecule has 0 spiro atoms. The van der Waals surface area contributed by atoms with Crippen LogP contribution < -0.4 is 5.73 Å². The van der Waals surface area contributed by atoms with Crippen molar-refractivity contribution in [1.82, 2.24) is 55.1 Å². The van der Waals surface area contributed by atoms with E-state index in [0.717, 1.165) is 34.6 Å². The molecule has 2 unspecified atom stereocenters. The summed E-state index contributed by atoms with van der Waals surface area (Å²) >= 11 is 3.38. The molecular formula is C51H44BrN13O3. The number of nitrogens with zero attached hydrogens (tertiary/aromatic N) is 12. The van der Waals surface area contributed by atoms with Gasteiger partial charge in [-0.2, -0.15) is 9.97 Å². The monoisotopic (exact) mass is 965 g/mol. The summed E-state index contributed by atoms with van der Waals surface area (Å²) in [5.41, 5.74) is 11.8. The highest BCUT2D eigenvalue weighted by atomic mass is 79.9. The van der Waals surface area contributed by atoms with Gasteiger partial charge in [-0.15, -0.1) is 0 Å². The molecule has 17 heteroatoms. The van der Waals surface area contributed by atoms with E-state index in [1.165, 1.54) is 12.8 Å². The topological polar surface area (TPSA) is 217 Å². The second-order valence-electron chi connectivity index (χ2n) is 15.5. The summed E-state index contributed by atoms with van der Waals surface area (Å²) in [5.74, 6) is 20.0. The highest BCUT2D eigenvalue weighted by Gasteiger charge is 2.37. The summed E-state index contributed by atoms with van der Waals surface area (Å²) in [6.45, 7) is 9.61. The van der Waals surface area contributed by atoms with Crippen LogP contribution in [0.15, 0.2) is 142 Å². The van der Waals surface area contributed by atoms with Gasteiger partial charge < -0.3 is 20.0 Å². The van der Waals surface area contributed by atoms with Gasteiger partial charge in [0, 0.05) is 59.4 Å². The largest absolute Gasteiger partial charge is 0.409 e. The van der Waals surface area contributed by atoms with E-state index in [1.54, 1.807) is 49.3 Å². The second kappa shape index (κ2) is 23.2. The first-order valence-corrected chi connectivity index (χ1v) is 22.2. The molecular weight excluding hydrogens is 923 g/mol. The summed E-state index contributed by atoms with van der Waals surface area (Å²) in [4.78, 5) is 36.5. The molecule has 338 valence electrons. The maximum absolute atomic E-state index is 8.50. The first-order chi connectivity index (χ1) is 33.0. The number of halogens is 1. The first kappa shape index (κ1) is 47.5. The van der Waals surface area contributed by atoms with Crippen molar-refractivity contribution >= 4 is 21.8 Å². The van der Waals surface area contributed by atoms with Crippen molar-refractivity contribution in [3.63, 3.8) is 0 Å². The molecule has 3 N–H and O–H groups in total. The lowest BCUT2D eigenvalue weighted by molar-refractivity contribution is 0.103. The average molecular weight is 967 g/mol. The maximum Gasteiger partial charge on any atom is 0.244 e. The van der Waals surface area contributed by atoms with Gasteiger partial charge in [-0.1, -0.05) is 67.4 Å². The van der Waals surface area contributed by atoms with Crippen LogP contribution in [0.5, 0.6) is 0 Å². The predicted molar refractivity (Wildman–Crippen MR) is 258 cm³/mol. The van der Waals surface area contributed by atoms with E-state index in [-0.39, 0.29) is 22.2 Å². The Bertz CT molecular complexity index is 3090. The van der Waals surface area contributed by atoms with Crippen molar-refractivity contribution in [2.75, 3.05) is 6.54 Å². The maximum atomic E-state index is 8.50. The Morgan fingerprint density at radius 2 is 1.12 bits per heavy atom. The van der Waals surface area contributed by atoms with Crippen molar-refractivity contribution in [3.05, 3.63) is 179 Å². The van der Waals surface area contributed by atoms with Gasteiger partial charge in [0.25, 0.3) is 0 Å². The highest BCUT2D eigenvalue weighted by molar-refractivity contribution is 9.09. The smallest absolute Gasteiger partial charge is 0.244 e. The number of rotatable bonds is 6. The van der Waals surface area contributed by atoms with Crippen molar-refractivity contribution in [2.45, 2.75) is 56.9 Å². The fourth-order valence-corrected chi connectivity index (χ4v) is 6.76. The minimum Gasteiger partial charge on any atom is -0.409 e. The van der Waals surface area contributed by atoms with Crippen LogP contribution in [0.1, 0.15) is 103 Å². The molecule has 8 aromatic rings. The van der Waals surface area contributed by atoms with Gasteiger partial charge >= 0.3 is 0 Å². The summed E-state index contributed by atoms with van der Waals surface area (Å²) in [6.07, 6.45) is 12.5. The van der Waals surface area contributed by atoms with Gasteiger partial charge in [0.2, 0.25) is 23.4 Å². The SMILES string of the molecule is CC(Br)c1nc(-c2ccc(C#Cc3ccccn3)cn2)no1.CC(c1nc(-c2ccc(C#Cc3ccccn3)cn2)no1)N1CCCC1(C)C.N/C(=N\O)c1ccc(C#Cc2ccccn2)cn1. The standard InChI is InChI=1S/C22H23N5O.C16H11BrN4O.C13H10N4O/c1-16(27-14-6-12-22(27,2)3)21-25-20(26-28-21)19-11-9-17(15-24-19)8-10-18-7-4-5-13-23-18;1-11(17)16-20-15(21-22-16)14-8-6-12(10-19-14)5-7-13-4-2-3-9-18-13;14-13(17-18)12-7-5-10(9-16-12)4-6-11-3-1-2-8-15-11/h4-5,7,9,11,13,15-16H,6,12,14H2,1-3H3;2-4,6,8-11H,1H3;1-3,5,7-9,18H,(H2,14,17). The molecule has 2 atom stereocenters. The Kier molecular flexibility index (Phi) is 16.2. The van der Waals surface area contributed by atoms with Crippen LogP contribution in [0.2, 0.25) is 0 Å². The molecule has 1 aliphatic heterocycles. The average Bonchev–Trinajstić information content (AvgIpc) is 4.17. The van der Waals surface area contributed by atoms with Crippen LogP contribution in [-0.4, -0.2) is 78.2 Å². The molecule has 9 heterocycles. The molecule has 8 aromatic heterocycles. The van der Waals surface area contributed by atoms with E-state index >= 15 is 0 Å². The number of nitrogens with two attached hydrogens (primary N) is 1. The Hall–Kier alpha value is -8.43. The van der Waals surface area contributed by atoms with Crippen LogP contribution in [0.4, 0.5) is 0 Å². The van der Waals surface area contributed by atoms with E-state index in [1.807, 2.05) is 85.8 Å². The first-order valence-electron chi connectivity index (χ1n) is 21.3. The number of likely N-dealkylation sites (tertiary alicyclic amines) is 1. The van der Waals surface area contributed by atoms with Crippen molar-refractivity contribution in [3.8, 4) is 58.6 Å². The van der Waals surface area contributed by atoms with Crippen LogP contribution in [0, 0.1) is 35.5 Å². The Labute approximate surface area is 401 Å². The Morgan fingerprint density at radius 3 is 1.49 bits per heavy atom.